The molecule has 0 aliphatic heterocycles. The van der Waals surface area contributed by atoms with Crippen molar-refractivity contribution in [3.63, 3.8) is 0 Å². The van der Waals surface area contributed by atoms with Crippen molar-refractivity contribution < 1.29 is 29.6 Å². The van der Waals surface area contributed by atoms with Gasteiger partial charge >= 0.3 is 217 Å². The predicted molar refractivity (Wildman–Crippen MR) is 172 cm³/mol. The summed E-state index contributed by atoms with van der Waals surface area (Å²) in [5, 5.41) is 38.7. The first-order chi connectivity index (χ1) is 20.8. The number of ketones is 1. The fourth-order valence-corrected chi connectivity index (χ4v) is 7.85. The van der Waals surface area contributed by atoms with E-state index >= 15 is 0 Å². The number of primary amides is 1. The molecule has 1 fully saturated rings. The minimum atomic E-state index is -2.12. The monoisotopic (exact) mass is 602 g/mol. The van der Waals surface area contributed by atoms with Crippen LogP contribution in [0.5, 0.6) is 5.75 Å². The van der Waals surface area contributed by atoms with Crippen LogP contribution >= 0.6 is 0 Å². The van der Waals surface area contributed by atoms with Gasteiger partial charge in [0.15, 0.2) is 0 Å². The van der Waals surface area contributed by atoms with Gasteiger partial charge in [0.1, 0.15) is 0 Å². The summed E-state index contributed by atoms with van der Waals surface area (Å²) >= 11 is 0. The van der Waals surface area contributed by atoms with Crippen molar-refractivity contribution in [2.45, 2.75) is 43.6 Å². The van der Waals surface area contributed by atoms with E-state index in [-0.39, 0.29) is 17.5 Å². The molecule has 6 atom stereocenters. The Kier molecular flexibility index (Phi) is 8.79. The molecule has 0 aromatic heterocycles. The molecule has 234 valence electrons. The maximum absolute atomic E-state index is 14.3. The van der Waals surface area contributed by atoms with E-state index in [1.165, 1.54) is 12.7 Å². The molecule has 3 aliphatic rings. The average molecular weight is 603 g/mol. The van der Waals surface area contributed by atoms with E-state index in [4.69, 9.17) is 10.5 Å². The van der Waals surface area contributed by atoms with Crippen LogP contribution in [0.2, 0.25) is 0 Å². The Morgan fingerprint density at radius 1 is 1.20 bits per heavy atom. The van der Waals surface area contributed by atoms with E-state index in [0.717, 1.165) is 29.8 Å². The van der Waals surface area contributed by atoms with Crippen molar-refractivity contribution in [1.82, 2.24) is 10.2 Å². The van der Waals surface area contributed by atoms with E-state index < -0.39 is 53.0 Å². The number of carbonyl (C=O) groups excluding carboxylic acids is 2. The number of likely N-dealkylation sites (N-methyl/N-ethyl adjacent to an activating group) is 1. The zero-order chi connectivity index (χ0) is 32.1. The fourth-order valence-electron chi connectivity index (χ4n) is 7.85. The second-order valence-corrected chi connectivity index (χ2v) is 12.7. The van der Waals surface area contributed by atoms with Gasteiger partial charge in [-0.3, -0.25) is 0 Å². The number of nitrogens with two attached hydrogens (primary N) is 1. The zero-order valence-electron chi connectivity index (χ0n) is 26.1. The van der Waals surface area contributed by atoms with Crippen molar-refractivity contribution >= 4 is 30.3 Å². The number of allylic oxidation sites excluding steroid dienone is 1. The summed E-state index contributed by atoms with van der Waals surface area (Å²) < 4.78 is 5.76. The van der Waals surface area contributed by atoms with Gasteiger partial charge in [-0.05, 0) is 12.0 Å². The second-order valence-electron chi connectivity index (χ2n) is 12.7. The van der Waals surface area contributed by atoms with Gasteiger partial charge in [0.25, 0.3) is 0 Å². The molecule has 3 aliphatic carbocycles. The van der Waals surface area contributed by atoms with Gasteiger partial charge in [-0.1, -0.05) is 30.3 Å². The van der Waals surface area contributed by atoms with E-state index in [2.05, 4.69) is 24.9 Å². The summed E-state index contributed by atoms with van der Waals surface area (Å²) in [7, 11) is 12.8. The summed E-state index contributed by atoms with van der Waals surface area (Å²) in [4.78, 5) is 30.5. The minimum absolute atomic E-state index is 0.0891. The number of benzene rings is 2. The molecule has 0 bridgehead atoms. The zero-order valence-corrected chi connectivity index (χ0v) is 26.1. The van der Waals surface area contributed by atoms with Gasteiger partial charge in [-0.15, -0.1) is 0 Å². The SMILES string of the molecule is B=C1C(C(N)=O)C(O)[C@@H](N(C)C)[C@@H]2C[C@@H]3Cc4c(c(OC)cc(CNCCc5ccccc5)c4N(C)C)C(=O)C3=C(O)[C@]12O. The number of aliphatic hydroxyl groups excluding tert-OH is 2. The molecule has 0 spiro atoms. The molecule has 5 rings (SSSR count). The first kappa shape index (κ1) is 31.9. The summed E-state index contributed by atoms with van der Waals surface area (Å²) in [6.45, 7) is 1.33. The van der Waals surface area contributed by atoms with Crippen LogP contribution in [-0.4, -0.2) is 104 Å². The van der Waals surface area contributed by atoms with E-state index in [9.17, 15) is 24.9 Å². The third kappa shape index (κ3) is 5.05. The first-order valence-electron chi connectivity index (χ1n) is 15.0. The molecular weight excluding hydrogens is 559 g/mol. The number of hydrogen-bond donors (Lipinski definition) is 5. The van der Waals surface area contributed by atoms with E-state index in [0.29, 0.717) is 24.3 Å². The normalized spacial score (nSPS) is 27.9. The van der Waals surface area contributed by atoms with Crippen LogP contribution in [0.1, 0.15) is 33.5 Å². The molecule has 11 heteroatoms. The predicted octanol–water partition coefficient (Wildman–Crippen LogP) is 0.491. The molecule has 0 saturated heterocycles. The Hall–Kier alpha value is -3.51. The standard InChI is InChI=1S/C33H43BN4O6/c1-37(2)26-19(16-36-12-11-17-9-7-6-8-10-17)15-22(44-5)24-20(26)13-18-14-21-27(38(3)4)29(40)25(32(35)42)30(34)33(21,43)31(41)23(18)28(24)39/h6-10,15,18,21,25,27,29,34,36,40-41,43H,11-14,16H2,1-5H3,(H2,35,42)/t18-,21-,25?,27-,29?,33+/m0/s1. The topological polar surface area (TPSA) is 149 Å². The summed E-state index contributed by atoms with van der Waals surface area (Å²) in [5.41, 5.74) is 7.82. The van der Waals surface area contributed by atoms with Crippen LogP contribution in [-0.2, 0) is 24.2 Å². The number of nitrogens with zero attached hydrogens (tertiary/aromatic N) is 2. The molecule has 2 aromatic rings. The van der Waals surface area contributed by atoms with Crippen molar-refractivity contribution in [2.75, 3.05) is 46.7 Å². The van der Waals surface area contributed by atoms with Crippen LogP contribution in [0.3, 0.4) is 0 Å². The third-order valence-electron chi connectivity index (χ3n) is 9.75. The Morgan fingerprint density at radius 2 is 1.89 bits per heavy atom. The molecule has 2 aromatic carbocycles. The molecular formula is C33H43BN4O6. The molecule has 6 N–H and O–H groups in total. The molecule has 10 nitrogen and oxygen atoms in total. The number of methoxy groups -OCH3 is 1. The quantitative estimate of drug-likeness (QED) is 0.204. The number of amides is 1. The number of rotatable bonds is 9. The average Bonchev–Trinajstić information content (AvgIpc) is 2.96. The number of aliphatic hydroxyl groups is 3. The molecule has 0 heterocycles. The van der Waals surface area contributed by atoms with Crippen molar-refractivity contribution in [3.8, 4) is 5.75 Å². The summed E-state index contributed by atoms with van der Waals surface area (Å²) in [5.74, 6) is -3.92. The number of anilines is 1. The number of Topliss-reactive ketones (excluding diaryl/α,β-unsaturated/α-hetero) is 1. The van der Waals surface area contributed by atoms with E-state index in [1.54, 1.807) is 19.0 Å². The maximum atomic E-state index is 14.3. The number of nitrogens with one attached hydrogen (secondary N) is 1. The van der Waals surface area contributed by atoms with Gasteiger partial charge in [-0.25, -0.2) is 0 Å². The van der Waals surface area contributed by atoms with Crippen LogP contribution in [0.4, 0.5) is 5.69 Å². The number of fused-ring (bicyclic) bond motifs is 3. The molecule has 1 saturated carbocycles. The van der Waals surface area contributed by atoms with Crippen molar-refractivity contribution in [3.05, 3.63) is 70.0 Å². The van der Waals surface area contributed by atoms with Crippen LogP contribution in [0.15, 0.2) is 47.7 Å². The number of hydrogen-bond acceptors (Lipinski definition) is 9. The summed E-state index contributed by atoms with van der Waals surface area (Å²) in [6.07, 6.45) is 0.322. The fraction of sp³-hybridized carbons (Fsp3) is 0.485. The van der Waals surface area contributed by atoms with Crippen LogP contribution in [0.25, 0.3) is 0 Å². The van der Waals surface area contributed by atoms with E-state index in [1.807, 2.05) is 43.3 Å². The van der Waals surface area contributed by atoms with Gasteiger partial charge in [0, 0.05) is 0 Å². The molecule has 0 radical (unpaired) electrons. The van der Waals surface area contributed by atoms with Gasteiger partial charge in [0.2, 0.25) is 0 Å². The van der Waals surface area contributed by atoms with Crippen LogP contribution in [0, 0.1) is 17.8 Å². The van der Waals surface area contributed by atoms with Crippen molar-refractivity contribution in [2.24, 2.45) is 23.5 Å². The summed E-state index contributed by atoms with van der Waals surface area (Å²) in [6, 6.07) is 11.4. The second kappa shape index (κ2) is 12.1. The van der Waals surface area contributed by atoms with Gasteiger partial charge < -0.3 is 0 Å². The van der Waals surface area contributed by atoms with Crippen LogP contribution < -0.4 is 20.7 Å². The van der Waals surface area contributed by atoms with Crippen molar-refractivity contribution in [1.29, 1.82) is 0 Å². The number of carbonyl (C=O) groups is 2. The first-order valence-corrected chi connectivity index (χ1v) is 15.0. The Bertz CT molecular complexity index is 1510. The molecule has 2 unspecified atom stereocenters. The number of ether oxygens (including phenoxy) is 1. The Labute approximate surface area is 259 Å². The van der Waals surface area contributed by atoms with Gasteiger partial charge in [0.05, 0.1) is 0 Å². The molecule has 44 heavy (non-hydrogen) atoms. The Balaban J connectivity index is 1.57. The third-order valence-corrected chi connectivity index (χ3v) is 9.75. The molecule has 1 amide bonds. The van der Waals surface area contributed by atoms with Gasteiger partial charge in [-0.2, -0.15) is 0 Å². The Morgan fingerprint density at radius 3 is 2.48 bits per heavy atom.